The molecule has 0 aliphatic carbocycles. The van der Waals surface area contributed by atoms with Crippen molar-refractivity contribution in [3.05, 3.63) is 90.3 Å². The highest BCUT2D eigenvalue weighted by Gasteiger charge is 2.09. The molecule has 0 bridgehead atoms. The number of anilines is 1. The lowest BCUT2D eigenvalue weighted by Crippen LogP contribution is -2.19. The minimum atomic E-state index is -0.189. The van der Waals surface area contributed by atoms with Gasteiger partial charge in [-0.25, -0.2) is 4.98 Å². The topological polar surface area (TPSA) is 76.0 Å². The highest BCUT2D eigenvalue weighted by Crippen LogP contribution is 2.19. The molecule has 0 spiro atoms. The van der Waals surface area contributed by atoms with Crippen LogP contribution in [-0.2, 0) is 11.2 Å². The zero-order valence-electron chi connectivity index (χ0n) is 15.9. The Kier molecular flexibility index (Phi) is 5.07. The van der Waals surface area contributed by atoms with Crippen LogP contribution in [0.15, 0.2) is 79.1 Å². The zero-order chi connectivity index (χ0) is 20.2. The van der Waals surface area contributed by atoms with E-state index in [1.807, 2.05) is 53.1 Å². The van der Waals surface area contributed by atoms with Gasteiger partial charge in [0.05, 0.1) is 17.5 Å². The van der Waals surface area contributed by atoms with Crippen molar-refractivity contribution in [2.45, 2.75) is 6.42 Å². The summed E-state index contributed by atoms with van der Waals surface area (Å²) in [7, 11) is 1.61. The van der Waals surface area contributed by atoms with Gasteiger partial charge >= 0.3 is 0 Å². The number of fused-ring (bicyclic) bond motifs is 1. The van der Waals surface area contributed by atoms with Crippen LogP contribution >= 0.6 is 0 Å². The van der Waals surface area contributed by atoms with Crippen LogP contribution in [0.4, 0.5) is 5.69 Å². The molecule has 29 heavy (non-hydrogen) atoms. The Morgan fingerprint density at radius 1 is 0.931 bits per heavy atom. The molecule has 144 valence electrons. The van der Waals surface area contributed by atoms with E-state index in [9.17, 15) is 9.59 Å². The first-order valence-corrected chi connectivity index (χ1v) is 9.27. The van der Waals surface area contributed by atoms with Crippen molar-refractivity contribution >= 4 is 28.5 Å². The van der Waals surface area contributed by atoms with Crippen LogP contribution in [-0.4, -0.2) is 28.4 Å². The molecule has 4 rings (SSSR count). The number of imidazole rings is 1. The molecule has 1 heterocycles. The summed E-state index contributed by atoms with van der Waals surface area (Å²) >= 11 is 0. The molecule has 0 unspecified atom stereocenters. The molecule has 0 atom stereocenters. The number of nitrogens with one attached hydrogen (secondary N) is 2. The molecular formula is C23H20N4O2. The van der Waals surface area contributed by atoms with Crippen LogP contribution in [0.3, 0.4) is 0 Å². The smallest absolute Gasteiger partial charge is 0.255 e. The van der Waals surface area contributed by atoms with Crippen LogP contribution in [0.2, 0.25) is 0 Å². The predicted octanol–water partition coefficient (Wildman–Crippen LogP) is 3.57. The molecule has 4 aromatic rings. The standard InChI is InChI=1S/C23H20N4O2/c1-24-22(28)14-16-6-10-18(11-7-16)26-23(29)17-8-12-19(13-9-17)27-15-25-20-4-2-3-5-21(20)27/h2-13,15H,14H2,1H3,(H,24,28)(H,26,29). The summed E-state index contributed by atoms with van der Waals surface area (Å²) in [6.07, 6.45) is 2.09. The number of carbonyl (C=O) groups is 2. The lowest BCUT2D eigenvalue weighted by Gasteiger charge is -2.08. The van der Waals surface area contributed by atoms with Crippen LogP contribution < -0.4 is 10.6 Å². The van der Waals surface area contributed by atoms with Crippen LogP contribution in [0.1, 0.15) is 15.9 Å². The fraction of sp³-hybridized carbons (Fsp3) is 0.0870. The van der Waals surface area contributed by atoms with Gasteiger partial charge in [-0.15, -0.1) is 0 Å². The highest BCUT2D eigenvalue weighted by molar-refractivity contribution is 6.04. The number of aromatic nitrogens is 2. The Morgan fingerprint density at radius 3 is 2.38 bits per heavy atom. The second kappa shape index (κ2) is 7.98. The first kappa shape index (κ1) is 18.4. The minimum Gasteiger partial charge on any atom is -0.359 e. The van der Waals surface area contributed by atoms with E-state index in [2.05, 4.69) is 15.6 Å². The molecule has 6 nitrogen and oxygen atoms in total. The van der Waals surface area contributed by atoms with E-state index in [0.29, 0.717) is 17.7 Å². The van der Waals surface area contributed by atoms with Crippen LogP contribution in [0.5, 0.6) is 0 Å². The monoisotopic (exact) mass is 384 g/mol. The summed E-state index contributed by atoms with van der Waals surface area (Å²) in [6.45, 7) is 0. The Balaban J connectivity index is 1.46. The number of likely N-dealkylation sites (N-methyl/N-ethyl adjacent to an activating group) is 1. The summed E-state index contributed by atoms with van der Waals surface area (Å²) < 4.78 is 1.99. The van der Waals surface area contributed by atoms with Gasteiger partial charge in [0.1, 0.15) is 6.33 Å². The molecule has 0 fully saturated rings. The van der Waals surface area contributed by atoms with Gasteiger partial charge in [-0.05, 0) is 54.1 Å². The minimum absolute atomic E-state index is 0.0486. The van der Waals surface area contributed by atoms with Gasteiger partial charge in [0, 0.05) is 24.0 Å². The largest absolute Gasteiger partial charge is 0.359 e. The van der Waals surface area contributed by atoms with Crippen molar-refractivity contribution in [1.29, 1.82) is 0 Å². The maximum absolute atomic E-state index is 12.5. The number of hydrogen-bond donors (Lipinski definition) is 2. The fourth-order valence-electron chi connectivity index (χ4n) is 3.12. The van der Waals surface area contributed by atoms with Crippen molar-refractivity contribution in [1.82, 2.24) is 14.9 Å². The summed E-state index contributed by atoms with van der Waals surface area (Å²) in [5.74, 6) is -0.237. The second-order valence-corrected chi connectivity index (χ2v) is 6.65. The van der Waals surface area contributed by atoms with E-state index in [4.69, 9.17) is 0 Å². The van der Waals surface area contributed by atoms with Gasteiger partial charge in [0.15, 0.2) is 0 Å². The Morgan fingerprint density at radius 2 is 1.66 bits per heavy atom. The molecule has 0 saturated carbocycles. The zero-order valence-corrected chi connectivity index (χ0v) is 15.9. The highest BCUT2D eigenvalue weighted by atomic mass is 16.2. The van der Waals surface area contributed by atoms with Crippen molar-refractivity contribution in [2.24, 2.45) is 0 Å². The van der Waals surface area contributed by atoms with E-state index in [1.54, 1.807) is 37.6 Å². The number of para-hydroxylation sites is 2. The third-order valence-corrected chi connectivity index (χ3v) is 4.72. The first-order valence-electron chi connectivity index (χ1n) is 9.27. The van der Waals surface area contributed by atoms with E-state index >= 15 is 0 Å². The average Bonchev–Trinajstić information content (AvgIpc) is 3.19. The predicted molar refractivity (Wildman–Crippen MR) is 113 cm³/mol. The average molecular weight is 384 g/mol. The maximum Gasteiger partial charge on any atom is 0.255 e. The summed E-state index contributed by atoms with van der Waals surface area (Å²) in [4.78, 5) is 28.4. The molecule has 2 amide bonds. The van der Waals surface area contributed by atoms with Gasteiger partial charge in [-0.3, -0.25) is 14.2 Å². The van der Waals surface area contributed by atoms with Gasteiger partial charge in [0.25, 0.3) is 5.91 Å². The lowest BCUT2D eigenvalue weighted by molar-refractivity contribution is -0.119. The summed E-state index contributed by atoms with van der Waals surface area (Å²) in [5, 5.41) is 5.47. The van der Waals surface area contributed by atoms with Gasteiger partial charge < -0.3 is 10.6 Å². The molecule has 0 radical (unpaired) electrons. The number of rotatable bonds is 5. The molecule has 0 saturated heterocycles. The lowest BCUT2D eigenvalue weighted by atomic mass is 10.1. The van der Waals surface area contributed by atoms with Crippen molar-refractivity contribution < 1.29 is 9.59 Å². The first-order chi connectivity index (χ1) is 14.1. The number of carbonyl (C=O) groups excluding carboxylic acids is 2. The molecule has 1 aromatic heterocycles. The van der Waals surface area contributed by atoms with E-state index in [0.717, 1.165) is 22.3 Å². The van der Waals surface area contributed by atoms with Crippen molar-refractivity contribution in [2.75, 3.05) is 12.4 Å². The molecule has 6 heteroatoms. The van der Waals surface area contributed by atoms with Gasteiger partial charge in [-0.1, -0.05) is 24.3 Å². The van der Waals surface area contributed by atoms with E-state index < -0.39 is 0 Å². The summed E-state index contributed by atoms with van der Waals surface area (Å²) in [5.41, 5.74) is 5.01. The Bertz CT molecular complexity index is 1160. The number of benzene rings is 3. The molecule has 3 aromatic carbocycles. The number of amides is 2. The SMILES string of the molecule is CNC(=O)Cc1ccc(NC(=O)c2ccc(-n3cnc4ccccc43)cc2)cc1. The maximum atomic E-state index is 12.5. The van der Waals surface area contributed by atoms with Crippen LogP contribution in [0.25, 0.3) is 16.7 Å². The van der Waals surface area contributed by atoms with Gasteiger partial charge in [-0.2, -0.15) is 0 Å². The second-order valence-electron chi connectivity index (χ2n) is 6.65. The molecule has 0 aliphatic heterocycles. The number of nitrogens with zero attached hydrogens (tertiary/aromatic N) is 2. The van der Waals surface area contributed by atoms with Crippen LogP contribution in [0, 0.1) is 0 Å². The van der Waals surface area contributed by atoms with E-state index in [1.165, 1.54) is 0 Å². The normalized spacial score (nSPS) is 10.7. The Hall–Kier alpha value is -3.93. The van der Waals surface area contributed by atoms with Crippen molar-refractivity contribution in [3.8, 4) is 5.69 Å². The van der Waals surface area contributed by atoms with Crippen molar-refractivity contribution in [3.63, 3.8) is 0 Å². The number of hydrogen-bond acceptors (Lipinski definition) is 3. The van der Waals surface area contributed by atoms with E-state index in [-0.39, 0.29) is 11.8 Å². The molecule has 0 aliphatic rings. The fourth-order valence-corrected chi connectivity index (χ4v) is 3.12. The molecule has 2 N–H and O–H groups in total. The van der Waals surface area contributed by atoms with Gasteiger partial charge in [0.2, 0.25) is 5.91 Å². The summed E-state index contributed by atoms with van der Waals surface area (Å²) in [6, 6.07) is 22.5. The Labute approximate surface area is 168 Å². The quantitative estimate of drug-likeness (QED) is 0.552. The molecular weight excluding hydrogens is 364 g/mol. The third-order valence-electron chi connectivity index (χ3n) is 4.72. The third kappa shape index (κ3) is 4.01.